The monoisotopic (exact) mass is 294 g/mol. The van der Waals surface area contributed by atoms with E-state index < -0.39 is 0 Å². The van der Waals surface area contributed by atoms with Crippen molar-refractivity contribution in [1.29, 1.82) is 0 Å². The molecule has 0 unspecified atom stereocenters. The van der Waals surface area contributed by atoms with Gasteiger partial charge in [-0.2, -0.15) is 0 Å². The molecular formula is C13H11ClN2S2. The molecule has 18 heavy (non-hydrogen) atoms. The minimum Gasteiger partial charge on any atom is -0.240 e. The summed E-state index contributed by atoms with van der Waals surface area (Å²) in [7, 11) is 0. The van der Waals surface area contributed by atoms with Crippen molar-refractivity contribution in [3.63, 3.8) is 0 Å². The van der Waals surface area contributed by atoms with Crippen molar-refractivity contribution < 1.29 is 0 Å². The standard InChI is InChI=1S/C13H11ClN2S2/c14-9-3-5-10(6-4-9)18-13-12-11(15-8-16-13)2-1-7-17-12/h3-6,8H,1-2,7H2. The number of benzene rings is 1. The zero-order valence-corrected chi connectivity index (χ0v) is 12.0. The Balaban J connectivity index is 1.90. The van der Waals surface area contributed by atoms with E-state index in [-0.39, 0.29) is 0 Å². The predicted molar refractivity (Wildman–Crippen MR) is 76.7 cm³/mol. The second-order valence-corrected chi connectivity index (χ2v) is 6.57. The second kappa shape index (κ2) is 5.51. The van der Waals surface area contributed by atoms with Gasteiger partial charge < -0.3 is 0 Å². The summed E-state index contributed by atoms with van der Waals surface area (Å²) in [5.74, 6) is 1.16. The van der Waals surface area contributed by atoms with Gasteiger partial charge in [-0.1, -0.05) is 23.4 Å². The molecule has 2 nitrogen and oxygen atoms in total. The van der Waals surface area contributed by atoms with E-state index >= 15 is 0 Å². The van der Waals surface area contributed by atoms with Gasteiger partial charge >= 0.3 is 0 Å². The minimum atomic E-state index is 0.762. The molecule has 0 saturated heterocycles. The third-order valence-corrected chi connectivity index (χ3v) is 5.28. The molecule has 92 valence electrons. The summed E-state index contributed by atoms with van der Waals surface area (Å²) >= 11 is 9.44. The lowest BCUT2D eigenvalue weighted by atomic mass is 10.2. The van der Waals surface area contributed by atoms with Crippen LogP contribution in [0.2, 0.25) is 5.02 Å². The quantitative estimate of drug-likeness (QED) is 0.771. The summed E-state index contributed by atoms with van der Waals surface area (Å²) < 4.78 is 0. The molecule has 1 aliphatic heterocycles. The molecule has 0 atom stereocenters. The average Bonchev–Trinajstić information content (AvgIpc) is 2.42. The Kier molecular flexibility index (Phi) is 3.77. The molecule has 1 aromatic carbocycles. The highest BCUT2D eigenvalue weighted by molar-refractivity contribution is 8.02. The molecule has 0 fully saturated rings. The first-order valence-corrected chi connectivity index (χ1v) is 7.91. The molecule has 0 bridgehead atoms. The Morgan fingerprint density at radius 2 is 2.00 bits per heavy atom. The van der Waals surface area contributed by atoms with Gasteiger partial charge in [0.15, 0.2) is 0 Å². The van der Waals surface area contributed by atoms with Gasteiger partial charge in [0.05, 0.1) is 10.6 Å². The van der Waals surface area contributed by atoms with Crippen LogP contribution >= 0.6 is 35.1 Å². The van der Waals surface area contributed by atoms with Gasteiger partial charge in [-0.3, -0.25) is 0 Å². The Bertz CT molecular complexity index is 557. The Labute approximate surface area is 120 Å². The molecule has 0 N–H and O–H groups in total. The first-order valence-electron chi connectivity index (χ1n) is 5.73. The van der Waals surface area contributed by atoms with Crippen LogP contribution in [0.4, 0.5) is 0 Å². The van der Waals surface area contributed by atoms with Crippen molar-refractivity contribution in [2.75, 3.05) is 5.75 Å². The van der Waals surface area contributed by atoms with Crippen LogP contribution in [0.25, 0.3) is 0 Å². The van der Waals surface area contributed by atoms with Crippen molar-refractivity contribution in [1.82, 2.24) is 9.97 Å². The van der Waals surface area contributed by atoms with Crippen LogP contribution in [-0.2, 0) is 6.42 Å². The van der Waals surface area contributed by atoms with Crippen molar-refractivity contribution in [3.05, 3.63) is 41.3 Å². The number of rotatable bonds is 2. The molecule has 3 rings (SSSR count). The Hall–Kier alpha value is -0.710. The van der Waals surface area contributed by atoms with Crippen molar-refractivity contribution in [3.8, 4) is 0 Å². The number of nitrogens with zero attached hydrogens (tertiary/aromatic N) is 2. The third-order valence-electron chi connectivity index (χ3n) is 2.68. The Morgan fingerprint density at radius 3 is 2.83 bits per heavy atom. The van der Waals surface area contributed by atoms with E-state index in [4.69, 9.17) is 11.6 Å². The molecular weight excluding hydrogens is 284 g/mol. The second-order valence-electron chi connectivity index (χ2n) is 3.96. The van der Waals surface area contributed by atoms with E-state index in [1.54, 1.807) is 18.1 Å². The van der Waals surface area contributed by atoms with Crippen LogP contribution in [-0.4, -0.2) is 15.7 Å². The van der Waals surface area contributed by atoms with Crippen LogP contribution in [0.15, 0.2) is 45.4 Å². The van der Waals surface area contributed by atoms with Gasteiger partial charge in [0.2, 0.25) is 0 Å². The van der Waals surface area contributed by atoms with Crippen LogP contribution < -0.4 is 0 Å². The van der Waals surface area contributed by atoms with E-state index in [2.05, 4.69) is 9.97 Å². The van der Waals surface area contributed by atoms with Gasteiger partial charge in [-0.15, -0.1) is 11.8 Å². The number of aryl methyl sites for hydroxylation is 1. The maximum atomic E-state index is 5.89. The highest BCUT2D eigenvalue weighted by atomic mass is 35.5. The minimum absolute atomic E-state index is 0.762. The molecule has 0 spiro atoms. The van der Waals surface area contributed by atoms with Crippen molar-refractivity contribution >= 4 is 35.1 Å². The molecule has 1 aromatic heterocycles. The summed E-state index contributed by atoms with van der Waals surface area (Å²) in [4.78, 5) is 11.2. The van der Waals surface area contributed by atoms with Crippen molar-refractivity contribution in [2.24, 2.45) is 0 Å². The van der Waals surface area contributed by atoms with E-state index in [1.807, 2.05) is 36.0 Å². The number of hydrogen-bond acceptors (Lipinski definition) is 4. The first-order chi connectivity index (χ1) is 8.83. The summed E-state index contributed by atoms with van der Waals surface area (Å²) in [5.41, 5.74) is 1.19. The zero-order valence-electron chi connectivity index (χ0n) is 9.60. The average molecular weight is 295 g/mol. The van der Waals surface area contributed by atoms with Crippen LogP contribution in [0, 0.1) is 0 Å². The molecule has 0 aliphatic carbocycles. The molecule has 2 heterocycles. The highest BCUT2D eigenvalue weighted by Gasteiger charge is 2.16. The first kappa shape index (κ1) is 12.3. The SMILES string of the molecule is Clc1ccc(Sc2ncnc3c2SCCC3)cc1. The van der Waals surface area contributed by atoms with Gasteiger partial charge in [0.1, 0.15) is 11.4 Å². The Morgan fingerprint density at radius 1 is 1.17 bits per heavy atom. The molecule has 2 aromatic rings. The van der Waals surface area contributed by atoms with Crippen LogP contribution in [0.3, 0.4) is 0 Å². The summed E-state index contributed by atoms with van der Waals surface area (Å²) in [6.45, 7) is 0. The fraction of sp³-hybridized carbons (Fsp3) is 0.231. The normalized spacial score (nSPS) is 14.3. The van der Waals surface area contributed by atoms with Gasteiger partial charge in [0, 0.05) is 9.92 Å². The molecule has 0 radical (unpaired) electrons. The van der Waals surface area contributed by atoms with Crippen LogP contribution in [0.5, 0.6) is 0 Å². The van der Waals surface area contributed by atoms with E-state index in [1.165, 1.54) is 17.0 Å². The number of hydrogen-bond donors (Lipinski definition) is 0. The molecule has 5 heteroatoms. The number of aromatic nitrogens is 2. The molecule has 1 aliphatic rings. The van der Waals surface area contributed by atoms with Crippen LogP contribution in [0.1, 0.15) is 12.1 Å². The highest BCUT2D eigenvalue weighted by Crippen LogP contribution is 2.38. The smallest absolute Gasteiger partial charge is 0.118 e. The summed E-state index contributed by atoms with van der Waals surface area (Å²) in [5, 5.41) is 1.82. The van der Waals surface area contributed by atoms with Gasteiger partial charge in [-0.05, 0) is 42.9 Å². The maximum Gasteiger partial charge on any atom is 0.118 e. The molecule has 0 saturated carbocycles. The van der Waals surface area contributed by atoms with Gasteiger partial charge in [-0.25, -0.2) is 9.97 Å². The fourth-order valence-corrected chi connectivity index (χ4v) is 4.04. The van der Waals surface area contributed by atoms with Gasteiger partial charge in [0.25, 0.3) is 0 Å². The number of thioether (sulfide) groups is 1. The zero-order chi connectivity index (χ0) is 12.4. The predicted octanol–water partition coefficient (Wildman–Crippen LogP) is 4.32. The van der Waals surface area contributed by atoms with Crippen molar-refractivity contribution in [2.45, 2.75) is 27.7 Å². The van der Waals surface area contributed by atoms with E-state index in [9.17, 15) is 0 Å². The topological polar surface area (TPSA) is 25.8 Å². The fourth-order valence-electron chi connectivity index (χ4n) is 1.82. The maximum absolute atomic E-state index is 5.89. The lowest BCUT2D eigenvalue weighted by Crippen LogP contribution is -2.03. The third kappa shape index (κ3) is 2.66. The number of fused-ring (bicyclic) bond motifs is 1. The summed E-state index contributed by atoms with van der Waals surface area (Å²) in [6.07, 6.45) is 3.95. The van der Waals surface area contributed by atoms with E-state index in [0.717, 1.165) is 27.1 Å². The lowest BCUT2D eigenvalue weighted by molar-refractivity contribution is 0.791. The summed E-state index contributed by atoms with van der Waals surface area (Å²) in [6, 6.07) is 7.86. The van der Waals surface area contributed by atoms with E-state index in [0.29, 0.717) is 0 Å². The largest absolute Gasteiger partial charge is 0.240 e. The molecule has 0 amide bonds. The lowest BCUT2D eigenvalue weighted by Gasteiger charge is -2.16. The number of halogens is 1.